The van der Waals surface area contributed by atoms with Crippen molar-refractivity contribution in [3.8, 4) is 0 Å². The third-order valence-electron chi connectivity index (χ3n) is 2.17. The second-order valence-electron chi connectivity index (χ2n) is 3.74. The normalized spacial score (nSPS) is 10.6. The first-order valence-corrected chi connectivity index (χ1v) is 6.49. The quantitative estimate of drug-likeness (QED) is 0.741. The van der Waals surface area contributed by atoms with Crippen LogP contribution in [0.2, 0.25) is 0 Å². The number of hydrogen-bond donors (Lipinski definition) is 3. The van der Waals surface area contributed by atoms with E-state index in [2.05, 4.69) is 20.3 Å². The maximum absolute atomic E-state index is 13.7. The zero-order valence-electron chi connectivity index (χ0n) is 10.5. The summed E-state index contributed by atoms with van der Waals surface area (Å²) < 4.78 is 27.1. The molecule has 20 heavy (non-hydrogen) atoms. The van der Waals surface area contributed by atoms with E-state index >= 15 is 0 Å². The Morgan fingerprint density at radius 2 is 1.75 bits per heavy atom. The highest BCUT2D eigenvalue weighted by molar-refractivity contribution is 7.99. The Bertz CT molecular complexity index is 616. The number of hydrogen-bond acceptors (Lipinski definition) is 7. The van der Waals surface area contributed by atoms with Crippen LogP contribution in [0.25, 0.3) is 0 Å². The van der Waals surface area contributed by atoms with Crippen LogP contribution in [-0.4, -0.2) is 21.5 Å². The van der Waals surface area contributed by atoms with Gasteiger partial charge in [0.05, 0.1) is 0 Å². The van der Waals surface area contributed by atoms with Crippen LogP contribution in [0.4, 0.5) is 26.2 Å². The Hall–Kier alpha value is -2.16. The van der Waals surface area contributed by atoms with Crippen molar-refractivity contribution in [3.05, 3.63) is 23.8 Å². The average Bonchev–Trinajstić information content (AvgIpc) is 2.34. The molecule has 106 valence electrons. The predicted octanol–water partition coefficient (Wildman–Crippen LogP) is 1.90. The third kappa shape index (κ3) is 3.23. The van der Waals surface area contributed by atoms with Gasteiger partial charge in [0.25, 0.3) is 0 Å². The molecular weight excluding hydrogens is 286 g/mol. The number of halogens is 2. The van der Waals surface area contributed by atoms with Gasteiger partial charge in [-0.05, 0) is 18.7 Å². The van der Waals surface area contributed by atoms with Crippen LogP contribution < -0.4 is 16.8 Å². The maximum atomic E-state index is 13.7. The lowest BCUT2D eigenvalue weighted by atomic mass is 10.4. The van der Waals surface area contributed by atoms with E-state index in [0.29, 0.717) is 6.54 Å². The van der Waals surface area contributed by atoms with Crippen LogP contribution in [0.5, 0.6) is 0 Å². The van der Waals surface area contributed by atoms with Crippen molar-refractivity contribution in [3.63, 3.8) is 0 Å². The average molecular weight is 298 g/mol. The molecule has 5 N–H and O–H groups in total. The number of nitrogens with two attached hydrogens (primary N) is 2. The lowest BCUT2D eigenvalue weighted by Crippen LogP contribution is -2.05. The molecule has 0 aliphatic heterocycles. The van der Waals surface area contributed by atoms with E-state index in [1.54, 1.807) is 6.92 Å². The summed E-state index contributed by atoms with van der Waals surface area (Å²) in [4.78, 5) is 11.7. The SMILES string of the molecule is CCNc1nc(Sc2nc(N)cc(N)n2)c(F)cc1F. The molecule has 6 nitrogen and oxygen atoms in total. The van der Waals surface area contributed by atoms with Crippen LogP contribution in [0, 0.1) is 11.6 Å². The first-order chi connectivity index (χ1) is 9.49. The molecule has 0 unspecified atom stereocenters. The summed E-state index contributed by atoms with van der Waals surface area (Å²) in [6, 6.07) is 2.13. The second-order valence-corrected chi connectivity index (χ2v) is 4.69. The Balaban J connectivity index is 2.34. The number of nitrogens with one attached hydrogen (secondary N) is 1. The molecule has 0 saturated heterocycles. The largest absolute Gasteiger partial charge is 0.383 e. The Morgan fingerprint density at radius 3 is 2.35 bits per heavy atom. The smallest absolute Gasteiger partial charge is 0.197 e. The number of nitrogen functional groups attached to an aromatic ring is 2. The van der Waals surface area contributed by atoms with Crippen molar-refractivity contribution in [2.75, 3.05) is 23.3 Å². The zero-order chi connectivity index (χ0) is 14.7. The summed E-state index contributed by atoms with van der Waals surface area (Å²) in [7, 11) is 0. The van der Waals surface area contributed by atoms with Crippen molar-refractivity contribution < 1.29 is 8.78 Å². The van der Waals surface area contributed by atoms with E-state index in [-0.39, 0.29) is 27.6 Å². The molecule has 2 aromatic heterocycles. The van der Waals surface area contributed by atoms with E-state index in [1.165, 1.54) is 6.07 Å². The van der Waals surface area contributed by atoms with Gasteiger partial charge in [0.1, 0.15) is 16.7 Å². The maximum Gasteiger partial charge on any atom is 0.197 e. The molecule has 0 spiro atoms. The molecule has 9 heteroatoms. The first kappa shape index (κ1) is 14.3. The van der Waals surface area contributed by atoms with Gasteiger partial charge in [0, 0.05) is 18.7 Å². The van der Waals surface area contributed by atoms with Gasteiger partial charge in [-0.1, -0.05) is 0 Å². The fourth-order valence-electron chi connectivity index (χ4n) is 1.41. The Labute approximate surface area is 118 Å². The number of aromatic nitrogens is 3. The van der Waals surface area contributed by atoms with Crippen molar-refractivity contribution in [1.82, 2.24) is 15.0 Å². The summed E-state index contributed by atoms with van der Waals surface area (Å²) in [5.41, 5.74) is 11.0. The molecular formula is C11H12F2N6S. The van der Waals surface area contributed by atoms with Gasteiger partial charge in [-0.2, -0.15) is 0 Å². The van der Waals surface area contributed by atoms with Crippen molar-refractivity contribution in [2.45, 2.75) is 17.1 Å². The lowest BCUT2D eigenvalue weighted by Gasteiger charge is -2.07. The van der Waals surface area contributed by atoms with Gasteiger partial charge in [0.15, 0.2) is 22.6 Å². The molecule has 2 rings (SSSR count). The van der Waals surface area contributed by atoms with E-state index in [0.717, 1.165) is 17.8 Å². The molecule has 0 saturated carbocycles. The predicted molar refractivity (Wildman–Crippen MR) is 73.3 cm³/mol. The number of nitrogens with zero attached hydrogens (tertiary/aromatic N) is 3. The lowest BCUT2D eigenvalue weighted by molar-refractivity contribution is 0.551. The summed E-state index contributed by atoms with van der Waals surface area (Å²) in [6.45, 7) is 2.24. The highest BCUT2D eigenvalue weighted by Gasteiger charge is 2.14. The molecule has 0 amide bonds. The van der Waals surface area contributed by atoms with Gasteiger partial charge in [-0.25, -0.2) is 23.7 Å². The Kier molecular flexibility index (Phi) is 4.18. The fraction of sp³-hybridized carbons (Fsp3) is 0.182. The minimum absolute atomic E-state index is 0.0340. The zero-order valence-corrected chi connectivity index (χ0v) is 11.3. The van der Waals surface area contributed by atoms with Gasteiger partial charge >= 0.3 is 0 Å². The van der Waals surface area contributed by atoms with Gasteiger partial charge in [-0.3, -0.25) is 0 Å². The van der Waals surface area contributed by atoms with Crippen LogP contribution in [-0.2, 0) is 0 Å². The number of anilines is 3. The molecule has 2 heterocycles. The third-order valence-corrected chi connectivity index (χ3v) is 3.02. The van der Waals surface area contributed by atoms with Crippen LogP contribution in [0.3, 0.4) is 0 Å². The molecule has 2 aromatic rings. The second kappa shape index (κ2) is 5.87. The number of rotatable bonds is 4. The van der Waals surface area contributed by atoms with E-state index in [9.17, 15) is 8.78 Å². The molecule has 0 fully saturated rings. The molecule has 0 radical (unpaired) electrons. The van der Waals surface area contributed by atoms with Crippen molar-refractivity contribution >= 4 is 29.2 Å². The van der Waals surface area contributed by atoms with E-state index < -0.39 is 11.6 Å². The van der Waals surface area contributed by atoms with E-state index in [1.807, 2.05) is 0 Å². The minimum atomic E-state index is -0.807. The summed E-state index contributed by atoms with van der Waals surface area (Å²) in [5.74, 6) is -1.28. The minimum Gasteiger partial charge on any atom is -0.383 e. The van der Waals surface area contributed by atoms with Crippen molar-refractivity contribution in [1.29, 1.82) is 0 Å². The van der Waals surface area contributed by atoms with E-state index in [4.69, 9.17) is 11.5 Å². The summed E-state index contributed by atoms with van der Waals surface area (Å²) >= 11 is 0.816. The van der Waals surface area contributed by atoms with Gasteiger partial charge < -0.3 is 16.8 Å². The molecule has 0 aliphatic rings. The fourth-order valence-corrected chi connectivity index (χ4v) is 2.18. The molecule has 0 aromatic carbocycles. The molecule has 0 atom stereocenters. The number of pyridine rings is 1. The molecule has 0 bridgehead atoms. The molecule has 0 aliphatic carbocycles. The van der Waals surface area contributed by atoms with Crippen LogP contribution in [0.1, 0.15) is 6.92 Å². The first-order valence-electron chi connectivity index (χ1n) is 5.67. The standard InChI is InChI=1S/C11H12F2N6S/c1-2-16-9-5(12)3-6(13)10(19-9)20-11-17-7(14)4-8(15)18-11/h3-4H,2H2,1H3,(H,16,19)(H4,14,15,17,18). The summed E-state index contributed by atoms with van der Waals surface area (Å²) in [5, 5.41) is 2.77. The van der Waals surface area contributed by atoms with Crippen molar-refractivity contribution in [2.24, 2.45) is 0 Å². The topological polar surface area (TPSA) is 103 Å². The highest BCUT2D eigenvalue weighted by Crippen LogP contribution is 2.29. The van der Waals surface area contributed by atoms with Crippen LogP contribution in [0.15, 0.2) is 22.3 Å². The Morgan fingerprint density at radius 1 is 1.10 bits per heavy atom. The highest BCUT2D eigenvalue weighted by atomic mass is 32.2. The monoisotopic (exact) mass is 298 g/mol. The summed E-state index contributed by atoms with van der Waals surface area (Å²) in [6.07, 6.45) is 0. The van der Waals surface area contributed by atoms with Crippen LogP contribution >= 0.6 is 11.8 Å². The van der Waals surface area contributed by atoms with Gasteiger partial charge in [-0.15, -0.1) is 0 Å². The van der Waals surface area contributed by atoms with Gasteiger partial charge in [0.2, 0.25) is 0 Å².